The maximum Gasteiger partial charge on any atom is 0.110 e. The Morgan fingerprint density at radius 2 is 1.85 bits per heavy atom. The van der Waals surface area contributed by atoms with Crippen LogP contribution in [0.3, 0.4) is 0 Å². The van der Waals surface area contributed by atoms with Gasteiger partial charge in [-0.15, -0.1) is 0 Å². The van der Waals surface area contributed by atoms with E-state index in [4.69, 9.17) is 14.2 Å². The molecular formula is C23H40O4. The van der Waals surface area contributed by atoms with E-state index in [-0.39, 0.29) is 35.6 Å². The molecule has 2 aliphatic heterocycles. The maximum absolute atomic E-state index is 11.1. The number of ether oxygens (including phenoxy) is 3. The highest BCUT2D eigenvalue weighted by molar-refractivity contribution is 5.20. The monoisotopic (exact) mass is 380 g/mol. The van der Waals surface area contributed by atoms with Crippen molar-refractivity contribution in [3.05, 3.63) is 23.7 Å². The molecule has 0 aliphatic carbocycles. The molecule has 4 nitrogen and oxygen atoms in total. The summed E-state index contributed by atoms with van der Waals surface area (Å²) >= 11 is 0. The van der Waals surface area contributed by atoms with E-state index in [1.54, 1.807) is 7.11 Å². The topological polar surface area (TPSA) is 47.9 Å². The smallest absolute Gasteiger partial charge is 0.110 e. The molecule has 4 unspecified atom stereocenters. The van der Waals surface area contributed by atoms with Gasteiger partial charge in [0.1, 0.15) is 17.5 Å². The lowest BCUT2D eigenvalue weighted by molar-refractivity contribution is -0.0429. The number of hydrogen-bond donors (Lipinski definition) is 1. The highest BCUT2D eigenvalue weighted by Crippen LogP contribution is 2.44. The van der Waals surface area contributed by atoms with E-state index in [0.717, 1.165) is 30.8 Å². The minimum absolute atomic E-state index is 0.0122. The van der Waals surface area contributed by atoms with Gasteiger partial charge in [0.25, 0.3) is 0 Å². The van der Waals surface area contributed by atoms with Crippen LogP contribution in [0.4, 0.5) is 0 Å². The Balaban J connectivity index is 2.43. The van der Waals surface area contributed by atoms with Crippen LogP contribution in [0.2, 0.25) is 0 Å². The van der Waals surface area contributed by atoms with Crippen molar-refractivity contribution < 1.29 is 19.3 Å². The van der Waals surface area contributed by atoms with Gasteiger partial charge in [-0.25, -0.2) is 0 Å². The SMILES string of the molecule is C=C1OC(CC)[C@H](C)[C@H](O)[C@@H](C)C2=C(C)C[C@@](C)(CC(C)C(OC)C1C)O2. The van der Waals surface area contributed by atoms with Gasteiger partial charge in [-0.05, 0) is 38.2 Å². The van der Waals surface area contributed by atoms with E-state index in [9.17, 15) is 5.11 Å². The first-order valence-electron chi connectivity index (χ1n) is 10.5. The first-order valence-corrected chi connectivity index (χ1v) is 10.5. The fraction of sp³-hybridized carbons (Fsp3) is 0.826. The van der Waals surface area contributed by atoms with Crippen LogP contribution in [0.5, 0.6) is 0 Å². The summed E-state index contributed by atoms with van der Waals surface area (Å²) in [5.74, 6) is 1.99. The molecule has 1 saturated heterocycles. The van der Waals surface area contributed by atoms with Gasteiger partial charge in [0.2, 0.25) is 0 Å². The zero-order valence-electron chi connectivity index (χ0n) is 18.5. The van der Waals surface area contributed by atoms with Gasteiger partial charge in [-0.3, -0.25) is 0 Å². The molecule has 156 valence electrons. The van der Waals surface area contributed by atoms with Crippen LogP contribution >= 0.6 is 0 Å². The minimum atomic E-state index is -0.526. The molecule has 0 saturated carbocycles. The van der Waals surface area contributed by atoms with Gasteiger partial charge in [-0.1, -0.05) is 41.2 Å². The quantitative estimate of drug-likeness (QED) is 0.726. The fourth-order valence-corrected chi connectivity index (χ4v) is 5.24. The van der Waals surface area contributed by atoms with Crippen LogP contribution in [-0.4, -0.2) is 36.1 Å². The van der Waals surface area contributed by atoms with Gasteiger partial charge in [0.05, 0.1) is 18.0 Å². The highest BCUT2D eigenvalue weighted by atomic mass is 16.5. The lowest BCUT2D eigenvalue weighted by Crippen LogP contribution is -2.37. The van der Waals surface area contributed by atoms with E-state index < -0.39 is 6.10 Å². The van der Waals surface area contributed by atoms with Crippen LogP contribution in [0, 0.1) is 23.7 Å². The molecule has 8 atom stereocenters. The second-order valence-electron chi connectivity index (χ2n) is 9.21. The zero-order chi connectivity index (χ0) is 20.5. The van der Waals surface area contributed by atoms with Crippen LogP contribution in [0.1, 0.15) is 67.7 Å². The van der Waals surface area contributed by atoms with Gasteiger partial charge in [0.15, 0.2) is 0 Å². The summed E-state index contributed by atoms with van der Waals surface area (Å²) < 4.78 is 18.7. The Bertz CT molecular complexity index is 569. The van der Waals surface area contributed by atoms with Crippen LogP contribution < -0.4 is 0 Å². The molecule has 2 bridgehead atoms. The Hall–Kier alpha value is -1.00. The van der Waals surface area contributed by atoms with Crippen molar-refractivity contribution in [2.45, 2.75) is 91.6 Å². The zero-order valence-corrected chi connectivity index (χ0v) is 18.5. The predicted octanol–water partition coefficient (Wildman–Crippen LogP) is 5.07. The summed E-state index contributed by atoms with van der Waals surface area (Å²) in [5, 5.41) is 11.1. The Kier molecular flexibility index (Phi) is 7.07. The molecule has 1 N–H and O–H groups in total. The third-order valence-electron chi connectivity index (χ3n) is 6.76. The lowest BCUT2D eigenvalue weighted by Gasteiger charge is -2.35. The number of hydrogen-bond acceptors (Lipinski definition) is 4. The van der Waals surface area contributed by atoms with Crippen molar-refractivity contribution >= 4 is 0 Å². The van der Waals surface area contributed by atoms with E-state index in [1.807, 2.05) is 0 Å². The molecule has 4 heteroatoms. The maximum atomic E-state index is 11.1. The van der Waals surface area contributed by atoms with Crippen molar-refractivity contribution in [3.8, 4) is 0 Å². The van der Waals surface area contributed by atoms with Crippen molar-refractivity contribution in [2.75, 3.05) is 7.11 Å². The highest BCUT2D eigenvalue weighted by Gasteiger charge is 2.43. The van der Waals surface area contributed by atoms with Crippen LogP contribution in [0.15, 0.2) is 23.7 Å². The summed E-state index contributed by atoms with van der Waals surface area (Å²) in [5.41, 5.74) is 0.994. The number of methoxy groups -OCH3 is 1. The molecule has 27 heavy (non-hydrogen) atoms. The number of aliphatic hydroxyl groups is 1. The molecule has 0 aromatic carbocycles. The molecule has 0 aromatic rings. The van der Waals surface area contributed by atoms with Gasteiger partial charge >= 0.3 is 0 Å². The normalized spacial score (nSPS) is 44.0. The summed E-state index contributed by atoms with van der Waals surface area (Å²) in [6, 6.07) is 0. The molecule has 2 heterocycles. The fourth-order valence-electron chi connectivity index (χ4n) is 5.24. The van der Waals surface area contributed by atoms with Gasteiger partial charge < -0.3 is 19.3 Å². The first-order chi connectivity index (χ1) is 12.5. The predicted molar refractivity (Wildman–Crippen MR) is 109 cm³/mol. The summed E-state index contributed by atoms with van der Waals surface area (Å²) in [7, 11) is 1.77. The first kappa shape index (κ1) is 22.3. The second-order valence-corrected chi connectivity index (χ2v) is 9.21. The number of aliphatic hydroxyl groups excluding tert-OH is 1. The molecule has 0 amide bonds. The molecule has 0 aromatic heterocycles. The third-order valence-corrected chi connectivity index (χ3v) is 6.76. The molecule has 1 fully saturated rings. The average molecular weight is 381 g/mol. The standard InChI is InChI=1S/C23H40O4/c1-10-19-16(5)20(24)17(6)22-14(3)12-23(8,27-22)11-13(2)21(25-9)15(4)18(7)26-19/h13,15-17,19-21,24H,7,10-12H2,1-6,8-9H3/t13?,15?,16-,17+,19?,20-,21?,23+/m0/s1. The third kappa shape index (κ3) is 4.54. The van der Waals surface area contributed by atoms with Crippen LogP contribution in [0.25, 0.3) is 0 Å². The van der Waals surface area contributed by atoms with E-state index in [1.165, 1.54) is 5.57 Å². The number of fused-ring (bicyclic) bond motifs is 2. The molecule has 0 spiro atoms. The molecule has 0 radical (unpaired) electrons. The van der Waals surface area contributed by atoms with Crippen molar-refractivity contribution in [3.63, 3.8) is 0 Å². The summed E-state index contributed by atoms with van der Waals surface area (Å²) in [6.07, 6.45) is 2.01. The lowest BCUT2D eigenvalue weighted by atomic mass is 9.81. The average Bonchev–Trinajstić information content (AvgIpc) is 2.91. The second kappa shape index (κ2) is 8.57. The molecule has 2 aliphatic rings. The largest absolute Gasteiger partial charge is 0.495 e. The summed E-state index contributed by atoms with van der Waals surface area (Å²) in [4.78, 5) is 0. The molecular weight excluding hydrogens is 340 g/mol. The minimum Gasteiger partial charge on any atom is -0.495 e. The summed E-state index contributed by atoms with van der Waals surface area (Å²) in [6.45, 7) is 19.1. The Labute approximate surface area is 166 Å². The molecule has 2 rings (SSSR count). The Morgan fingerprint density at radius 3 is 2.41 bits per heavy atom. The van der Waals surface area contributed by atoms with Crippen molar-refractivity contribution in [1.29, 1.82) is 0 Å². The Morgan fingerprint density at radius 1 is 1.22 bits per heavy atom. The van der Waals surface area contributed by atoms with E-state index >= 15 is 0 Å². The number of rotatable bonds is 2. The van der Waals surface area contributed by atoms with Crippen molar-refractivity contribution in [1.82, 2.24) is 0 Å². The van der Waals surface area contributed by atoms with E-state index in [0.29, 0.717) is 5.92 Å². The van der Waals surface area contributed by atoms with E-state index in [2.05, 4.69) is 55.0 Å². The van der Waals surface area contributed by atoms with Crippen LogP contribution in [-0.2, 0) is 14.2 Å². The van der Waals surface area contributed by atoms with Gasteiger partial charge in [0, 0.05) is 31.3 Å². The van der Waals surface area contributed by atoms with Gasteiger partial charge in [-0.2, -0.15) is 0 Å². The van der Waals surface area contributed by atoms with Crippen molar-refractivity contribution in [2.24, 2.45) is 23.7 Å².